The van der Waals surface area contributed by atoms with Crippen LogP contribution in [0.3, 0.4) is 0 Å². The first-order chi connectivity index (χ1) is 12.8. The maximum atomic E-state index is 13.1. The molecule has 142 valence electrons. The van der Waals surface area contributed by atoms with Gasteiger partial charge in [-0.05, 0) is 64.9 Å². The predicted molar refractivity (Wildman–Crippen MR) is 120 cm³/mol. The number of pyridine rings is 2. The molecule has 0 unspecified atom stereocenters. The molecule has 2 N–H and O–H groups in total. The second-order valence-electron chi connectivity index (χ2n) is 5.50. The molecule has 8 heteroatoms. The molecule has 0 saturated heterocycles. The van der Waals surface area contributed by atoms with Gasteiger partial charge in [-0.3, -0.25) is 0 Å². The summed E-state index contributed by atoms with van der Waals surface area (Å²) in [5.74, 6) is -0.239. The highest BCUT2D eigenvalue weighted by molar-refractivity contribution is 14.1. The van der Waals surface area contributed by atoms with Gasteiger partial charge in [0.25, 0.3) is 0 Å². The zero-order valence-corrected chi connectivity index (χ0v) is 18.6. The number of halogens is 4. The van der Waals surface area contributed by atoms with E-state index in [0.717, 1.165) is 31.6 Å². The molecule has 0 radical (unpaired) electrons. The summed E-state index contributed by atoms with van der Waals surface area (Å²) in [6.07, 6.45) is 3.38. The van der Waals surface area contributed by atoms with Crippen molar-refractivity contribution in [3.05, 3.63) is 68.0 Å². The number of hydrogen-bond acceptors (Lipinski definition) is 4. The van der Waals surface area contributed by atoms with Crippen LogP contribution in [-0.2, 0) is 0 Å². The van der Waals surface area contributed by atoms with Crippen LogP contribution < -0.4 is 10.6 Å². The van der Waals surface area contributed by atoms with Crippen LogP contribution in [-0.4, -0.2) is 24.1 Å². The van der Waals surface area contributed by atoms with Gasteiger partial charge in [0, 0.05) is 23.2 Å². The standard InChI is InChI=1S/C13H12ClFN2.C6H6ClIN2/c1-8-5-9(15)3-4-10(8)11-6-13(14)17-7-12(11)16-2;1-9-5-3-10-6(7)2-4(5)8/h3-7,16H,1-2H3;2-3,9H,1H3. The van der Waals surface area contributed by atoms with E-state index in [-0.39, 0.29) is 5.82 Å². The van der Waals surface area contributed by atoms with Crippen LogP contribution in [0.4, 0.5) is 15.8 Å². The third kappa shape index (κ3) is 5.92. The average molecular weight is 519 g/mol. The molecule has 27 heavy (non-hydrogen) atoms. The molecule has 0 atom stereocenters. The zero-order valence-electron chi connectivity index (χ0n) is 14.9. The van der Waals surface area contributed by atoms with Crippen molar-refractivity contribution < 1.29 is 4.39 Å². The molecule has 4 nitrogen and oxygen atoms in total. The minimum absolute atomic E-state index is 0.239. The van der Waals surface area contributed by atoms with Gasteiger partial charge in [0.05, 0.1) is 23.8 Å². The Labute approximate surface area is 181 Å². The van der Waals surface area contributed by atoms with Crippen molar-refractivity contribution in [1.29, 1.82) is 0 Å². The first-order valence-electron chi connectivity index (χ1n) is 7.94. The third-order valence-corrected chi connectivity index (χ3v) is 5.01. The molecular weight excluding hydrogens is 501 g/mol. The summed E-state index contributed by atoms with van der Waals surface area (Å²) in [6, 6.07) is 8.28. The van der Waals surface area contributed by atoms with Crippen LogP contribution in [0.1, 0.15) is 5.56 Å². The van der Waals surface area contributed by atoms with E-state index in [4.69, 9.17) is 23.2 Å². The smallest absolute Gasteiger partial charge is 0.130 e. The van der Waals surface area contributed by atoms with E-state index < -0.39 is 0 Å². The van der Waals surface area contributed by atoms with E-state index in [1.54, 1.807) is 24.5 Å². The van der Waals surface area contributed by atoms with E-state index >= 15 is 0 Å². The molecule has 2 heterocycles. The Morgan fingerprint density at radius 3 is 2.04 bits per heavy atom. The summed E-state index contributed by atoms with van der Waals surface area (Å²) in [4.78, 5) is 7.92. The minimum Gasteiger partial charge on any atom is -0.386 e. The van der Waals surface area contributed by atoms with Crippen molar-refractivity contribution in [2.75, 3.05) is 24.7 Å². The van der Waals surface area contributed by atoms with E-state index in [9.17, 15) is 4.39 Å². The van der Waals surface area contributed by atoms with Gasteiger partial charge >= 0.3 is 0 Å². The van der Waals surface area contributed by atoms with Gasteiger partial charge < -0.3 is 10.6 Å². The summed E-state index contributed by atoms with van der Waals surface area (Å²) in [5, 5.41) is 6.99. The number of hydrogen-bond donors (Lipinski definition) is 2. The van der Waals surface area contributed by atoms with Gasteiger partial charge in [0.2, 0.25) is 0 Å². The van der Waals surface area contributed by atoms with Crippen LogP contribution in [0.5, 0.6) is 0 Å². The molecule has 0 bridgehead atoms. The zero-order chi connectivity index (χ0) is 20.0. The van der Waals surface area contributed by atoms with Crippen molar-refractivity contribution >= 4 is 57.2 Å². The largest absolute Gasteiger partial charge is 0.386 e. The van der Waals surface area contributed by atoms with Crippen LogP contribution in [0.15, 0.2) is 42.7 Å². The Hall–Kier alpha value is -1.64. The van der Waals surface area contributed by atoms with Gasteiger partial charge in [-0.1, -0.05) is 29.3 Å². The summed E-state index contributed by atoms with van der Waals surface area (Å²) in [6.45, 7) is 1.87. The lowest BCUT2D eigenvalue weighted by atomic mass is 10.0. The van der Waals surface area contributed by atoms with Crippen LogP contribution >= 0.6 is 45.8 Å². The van der Waals surface area contributed by atoms with E-state index in [1.165, 1.54) is 12.1 Å². The van der Waals surface area contributed by atoms with Gasteiger partial charge in [-0.2, -0.15) is 0 Å². The Bertz CT molecular complexity index is 938. The maximum absolute atomic E-state index is 13.1. The van der Waals surface area contributed by atoms with Crippen LogP contribution in [0, 0.1) is 16.3 Å². The Kier molecular flexibility index (Phi) is 8.07. The van der Waals surface area contributed by atoms with Gasteiger partial charge in [0.1, 0.15) is 16.1 Å². The fourth-order valence-electron chi connectivity index (χ4n) is 2.37. The number of rotatable bonds is 3. The van der Waals surface area contributed by atoms with Gasteiger partial charge in [-0.25, -0.2) is 14.4 Å². The molecule has 3 aromatic rings. The van der Waals surface area contributed by atoms with Crippen molar-refractivity contribution in [2.45, 2.75) is 6.92 Å². The maximum Gasteiger partial charge on any atom is 0.130 e. The topological polar surface area (TPSA) is 49.8 Å². The van der Waals surface area contributed by atoms with Crippen molar-refractivity contribution in [3.8, 4) is 11.1 Å². The molecule has 0 amide bonds. The molecular formula is C19H18Cl2FIN4. The summed E-state index contributed by atoms with van der Waals surface area (Å²) in [5.41, 5.74) is 4.60. The summed E-state index contributed by atoms with van der Waals surface area (Å²) < 4.78 is 14.2. The van der Waals surface area contributed by atoms with Crippen molar-refractivity contribution in [2.24, 2.45) is 0 Å². The van der Waals surface area contributed by atoms with Gasteiger partial charge in [0.15, 0.2) is 0 Å². The molecule has 0 fully saturated rings. The molecule has 0 spiro atoms. The van der Waals surface area contributed by atoms with Crippen LogP contribution in [0.25, 0.3) is 11.1 Å². The number of nitrogens with zero attached hydrogens (tertiary/aromatic N) is 2. The molecule has 0 aliphatic carbocycles. The van der Waals surface area contributed by atoms with E-state index in [2.05, 4.69) is 43.2 Å². The number of aromatic nitrogens is 2. The van der Waals surface area contributed by atoms with Crippen LogP contribution in [0.2, 0.25) is 10.3 Å². The Morgan fingerprint density at radius 2 is 1.48 bits per heavy atom. The van der Waals surface area contributed by atoms with Crippen molar-refractivity contribution in [1.82, 2.24) is 9.97 Å². The minimum atomic E-state index is -0.239. The highest BCUT2D eigenvalue weighted by Crippen LogP contribution is 2.31. The second-order valence-corrected chi connectivity index (χ2v) is 7.44. The fourth-order valence-corrected chi connectivity index (χ4v) is 3.58. The summed E-state index contributed by atoms with van der Waals surface area (Å²) >= 11 is 13.7. The fraction of sp³-hybridized carbons (Fsp3) is 0.158. The number of nitrogens with one attached hydrogen (secondary N) is 2. The lowest BCUT2D eigenvalue weighted by Crippen LogP contribution is -1.95. The number of aryl methyl sites for hydroxylation is 1. The molecule has 3 rings (SSSR count). The van der Waals surface area contributed by atoms with Gasteiger partial charge in [-0.15, -0.1) is 0 Å². The number of anilines is 2. The van der Waals surface area contributed by atoms with E-state index in [1.807, 2.05) is 27.1 Å². The number of benzene rings is 1. The average Bonchev–Trinajstić information content (AvgIpc) is 2.62. The SMILES string of the molecule is CNc1cnc(Cl)cc1-c1ccc(F)cc1C.CNc1cnc(Cl)cc1I. The normalized spacial score (nSPS) is 10.0. The highest BCUT2D eigenvalue weighted by Gasteiger charge is 2.09. The predicted octanol–water partition coefficient (Wildman–Crippen LogP) is 6.27. The first-order valence-corrected chi connectivity index (χ1v) is 9.77. The molecule has 2 aromatic heterocycles. The van der Waals surface area contributed by atoms with E-state index in [0.29, 0.717) is 10.3 Å². The summed E-state index contributed by atoms with van der Waals surface area (Å²) in [7, 11) is 3.67. The van der Waals surface area contributed by atoms with Crippen molar-refractivity contribution in [3.63, 3.8) is 0 Å². The monoisotopic (exact) mass is 518 g/mol. The lowest BCUT2D eigenvalue weighted by molar-refractivity contribution is 0.627. The first kappa shape index (κ1) is 21.7. The highest BCUT2D eigenvalue weighted by atomic mass is 127. The Morgan fingerprint density at radius 1 is 0.889 bits per heavy atom. The third-order valence-electron chi connectivity index (χ3n) is 3.71. The quantitative estimate of drug-likeness (QED) is 0.317. The molecule has 0 aliphatic rings. The second kappa shape index (κ2) is 10.1. The molecule has 0 saturated carbocycles. The molecule has 1 aromatic carbocycles. The lowest BCUT2D eigenvalue weighted by Gasteiger charge is -2.11. The molecule has 0 aliphatic heterocycles. The Balaban J connectivity index is 0.000000223.